The molecule has 0 aliphatic heterocycles. The molecule has 0 aliphatic rings. The summed E-state index contributed by atoms with van der Waals surface area (Å²) < 4.78 is -0.474. The molecule has 0 radical (unpaired) electrons. The number of carbonyl (C=O) groups excluding carboxylic acids is 1. The fraction of sp³-hybridized carbons (Fsp3) is 0.853. The van der Waals surface area contributed by atoms with Crippen LogP contribution in [-0.4, -0.2) is 57.3 Å². The first-order valence-electron chi connectivity index (χ1n) is 16.9. The molecule has 0 rings (SSSR count). The van der Waals surface area contributed by atoms with E-state index in [0.717, 1.165) is 38.5 Å². The number of nitrogens with zero attached hydrogens (tertiary/aromatic N) is 1. The fourth-order valence-corrected chi connectivity index (χ4v) is 6.60. The van der Waals surface area contributed by atoms with Crippen LogP contribution in [0.25, 0.3) is 0 Å². The highest BCUT2D eigenvalue weighted by Gasteiger charge is 2.53. The second-order valence-corrected chi connectivity index (χ2v) is 11.8. The molecule has 3 atom stereocenters. The van der Waals surface area contributed by atoms with E-state index in [1.54, 1.807) is 20.8 Å². The summed E-state index contributed by atoms with van der Waals surface area (Å²) in [6.07, 6.45) is 26.7. The zero-order chi connectivity index (χ0) is 30.9. The van der Waals surface area contributed by atoms with Crippen LogP contribution >= 0.6 is 0 Å². The Morgan fingerprint density at radius 3 is 1.22 bits per heavy atom. The van der Waals surface area contributed by atoms with E-state index in [1.807, 2.05) is 0 Å². The third kappa shape index (κ3) is 15.2. The van der Waals surface area contributed by atoms with Gasteiger partial charge in [-0.15, -0.1) is 0 Å². The molecule has 0 saturated carbocycles. The number of aliphatic carboxylic acids is 3. The van der Waals surface area contributed by atoms with Crippen molar-refractivity contribution < 1.29 is 34.2 Å². The summed E-state index contributed by atoms with van der Waals surface area (Å²) in [6.45, 7) is 7.52. The van der Waals surface area contributed by atoms with Gasteiger partial charge in [-0.1, -0.05) is 117 Å². The zero-order valence-corrected chi connectivity index (χ0v) is 26.9. The monoisotopic (exact) mass is 581 g/mol. The lowest BCUT2D eigenvalue weighted by molar-refractivity contribution is -0.974. The lowest BCUT2D eigenvalue weighted by Gasteiger charge is -2.51. The molecular formula is C34H63NO6. The van der Waals surface area contributed by atoms with Gasteiger partial charge in [0.05, 0.1) is 12.5 Å². The molecule has 0 bridgehead atoms. The van der Waals surface area contributed by atoms with Crippen molar-refractivity contribution >= 4 is 17.9 Å². The Morgan fingerprint density at radius 1 is 0.561 bits per heavy atom. The minimum absolute atomic E-state index is 0.126. The fourth-order valence-electron chi connectivity index (χ4n) is 6.60. The first-order valence-corrected chi connectivity index (χ1v) is 16.9. The van der Waals surface area contributed by atoms with Gasteiger partial charge in [-0.3, -0.25) is 4.48 Å². The van der Waals surface area contributed by atoms with E-state index < -0.39 is 40.5 Å². The Labute approximate surface area is 251 Å². The Balaban J connectivity index is 4.48. The molecule has 0 fully saturated rings. The summed E-state index contributed by atoms with van der Waals surface area (Å²) in [7, 11) is 0. The lowest BCUT2D eigenvalue weighted by Crippen LogP contribution is -2.73. The Morgan fingerprint density at radius 2 is 0.902 bits per heavy atom. The van der Waals surface area contributed by atoms with Gasteiger partial charge < -0.3 is 20.1 Å². The molecule has 0 amide bonds. The maximum atomic E-state index is 12.2. The van der Waals surface area contributed by atoms with Crippen molar-refractivity contribution in [1.82, 2.24) is 0 Å². The van der Waals surface area contributed by atoms with Crippen LogP contribution in [0.2, 0.25) is 0 Å². The van der Waals surface area contributed by atoms with E-state index >= 15 is 0 Å². The first-order chi connectivity index (χ1) is 19.7. The van der Waals surface area contributed by atoms with Crippen molar-refractivity contribution in [2.75, 3.05) is 6.54 Å². The molecule has 240 valence electrons. The van der Waals surface area contributed by atoms with Crippen LogP contribution in [0.1, 0.15) is 163 Å². The van der Waals surface area contributed by atoms with Crippen LogP contribution in [0.3, 0.4) is 0 Å². The second kappa shape index (κ2) is 24.7. The highest BCUT2D eigenvalue weighted by atomic mass is 16.4. The number of quaternary nitrogens is 1. The van der Waals surface area contributed by atoms with Gasteiger partial charge in [0.25, 0.3) is 0 Å². The number of unbranched alkanes of at least 4 members (excludes halogenated alkanes) is 16. The van der Waals surface area contributed by atoms with Gasteiger partial charge in [-0.2, -0.15) is 0 Å². The van der Waals surface area contributed by atoms with Crippen molar-refractivity contribution in [3.8, 4) is 0 Å². The molecule has 0 saturated heterocycles. The lowest BCUT2D eigenvalue weighted by atomic mass is 9.94. The maximum absolute atomic E-state index is 12.2. The van der Waals surface area contributed by atoms with Crippen LogP contribution in [0.5, 0.6) is 0 Å². The average Bonchev–Trinajstić information content (AvgIpc) is 2.92. The SMILES string of the molecule is CCCCCCCCCCCCC/C=C\CCCCCCC[N+](C(CC)C(=O)[O-])(C(CC)C(=O)O)C(CC)C(=O)O. The smallest absolute Gasteiger partial charge is 0.362 e. The van der Waals surface area contributed by atoms with E-state index in [2.05, 4.69) is 19.1 Å². The summed E-state index contributed by atoms with van der Waals surface area (Å²) in [5.74, 6) is -3.66. The standard InChI is InChI=1S/C34H63NO6/c1-5-9-10-11-12-13-14-15-16-17-18-19-20-21-22-23-24-25-26-27-28-35(29(6-2)32(36)37,30(7-3)33(38)39)31(8-4)34(40)41/h20-21,29-31H,5-19,22-28H2,1-4H3,(H2-,36,37,38,39,40,41)/b21-20-. The summed E-state index contributed by atoms with van der Waals surface area (Å²) in [5, 5.41) is 32.1. The summed E-state index contributed by atoms with van der Waals surface area (Å²) in [5.41, 5.74) is 0. The predicted molar refractivity (Wildman–Crippen MR) is 166 cm³/mol. The molecule has 41 heavy (non-hydrogen) atoms. The van der Waals surface area contributed by atoms with Crippen molar-refractivity contribution in [1.29, 1.82) is 0 Å². The van der Waals surface area contributed by atoms with Gasteiger partial charge in [-0.05, 0) is 38.5 Å². The number of carboxylic acids is 3. The first kappa shape index (κ1) is 39.1. The molecule has 7 nitrogen and oxygen atoms in total. The van der Waals surface area contributed by atoms with Crippen LogP contribution in [-0.2, 0) is 14.4 Å². The number of allylic oxidation sites excluding steroid dienone is 2. The molecule has 0 aliphatic carbocycles. The molecular weight excluding hydrogens is 518 g/mol. The average molecular weight is 582 g/mol. The number of rotatable bonds is 29. The quantitative estimate of drug-likeness (QED) is 0.0532. The molecule has 0 aromatic carbocycles. The number of hydrogen-bond acceptors (Lipinski definition) is 4. The highest BCUT2D eigenvalue weighted by molar-refractivity contribution is 5.77. The minimum Gasteiger partial charge on any atom is -0.544 e. The summed E-state index contributed by atoms with van der Waals surface area (Å²) in [6, 6.07) is -3.39. The highest BCUT2D eigenvalue weighted by Crippen LogP contribution is 2.32. The van der Waals surface area contributed by atoms with E-state index in [1.165, 1.54) is 70.6 Å². The third-order valence-corrected chi connectivity index (χ3v) is 8.80. The zero-order valence-electron chi connectivity index (χ0n) is 26.9. The third-order valence-electron chi connectivity index (χ3n) is 8.80. The number of carbonyl (C=O) groups is 3. The molecule has 2 N–H and O–H groups in total. The largest absolute Gasteiger partial charge is 0.544 e. The van der Waals surface area contributed by atoms with Gasteiger partial charge in [0.2, 0.25) is 0 Å². The van der Waals surface area contributed by atoms with E-state index in [4.69, 9.17) is 0 Å². The molecule has 0 heterocycles. The Hall–Kier alpha value is -1.89. The van der Waals surface area contributed by atoms with Crippen LogP contribution in [0, 0.1) is 0 Å². The van der Waals surface area contributed by atoms with Gasteiger partial charge in [-0.25, -0.2) is 9.59 Å². The maximum Gasteiger partial charge on any atom is 0.362 e. The Kier molecular flexibility index (Phi) is 23.5. The van der Waals surface area contributed by atoms with Crippen molar-refractivity contribution in [2.45, 2.75) is 181 Å². The van der Waals surface area contributed by atoms with Gasteiger partial charge in [0, 0.05) is 19.3 Å². The topological polar surface area (TPSA) is 115 Å². The van der Waals surface area contributed by atoms with Crippen LogP contribution in [0.15, 0.2) is 12.2 Å². The van der Waals surface area contributed by atoms with Gasteiger partial charge in [0.1, 0.15) is 6.04 Å². The summed E-state index contributed by atoms with van der Waals surface area (Å²) in [4.78, 5) is 36.6. The van der Waals surface area contributed by atoms with Gasteiger partial charge in [0.15, 0.2) is 12.1 Å². The predicted octanol–water partition coefficient (Wildman–Crippen LogP) is 7.66. The summed E-state index contributed by atoms with van der Waals surface area (Å²) >= 11 is 0. The molecule has 0 aromatic heterocycles. The van der Waals surface area contributed by atoms with Crippen LogP contribution in [0.4, 0.5) is 0 Å². The van der Waals surface area contributed by atoms with Gasteiger partial charge >= 0.3 is 11.9 Å². The number of carboxylic acid groups (broad SMARTS) is 3. The molecule has 3 unspecified atom stereocenters. The van der Waals surface area contributed by atoms with E-state index in [9.17, 15) is 29.7 Å². The normalized spacial score (nSPS) is 15.4. The molecule has 7 heteroatoms. The number of hydrogen-bond donors (Lipinski definition) is 2. The van der Waals surface area contributed by atoms with Crippen molar-refractivity contribution in [2.24, 2.45) is 0 Å². The van der Waals surface area contributed by atoms with Crippen molar-refractivity contribution in [3.63, 3.8) is 0 Å². The molecule has 0 spiro atoms. The Bertz CT molecular complexity index is 667. The van der Waals surface area contributed by atoms with E-state index in [0.29, 0.717) is 6.42 Å². The second-order valence-electron chi connectivity index (χ2n) is 11.8. The van der Waals surface area contributed by atoms with Crippen LogP contribution < -0.4 is 5.11 Å². The van der Waals surface area contributed by atoms with E-state index in [-0.39, 0.29) is 25.8 Å². The molecule has 0 aromatic rings. The van der Waals surface area contributed by atoms with Crippen molar-refractivity contribution in [3.05, 3.63) is 12.2 Å². The minimum atomic E-state index is -1.37.